The first-order valence-electron chi connectivity index (χ1n) is 5.52. The molecule has 0 aromatic carbocycles. The van der Waals surface area contributed by atoms with Gasteiger partial charge < -0.3 is 11.1 Å². The molecule has 3 N–H and O–H groups in total. The molecule has 0 saturated heterocycles. The Morgan fingerprint density at radius 1 is 1.33 bits per heavy atom. The van der Waals surface area contributed by atoms with Gasteiger partial charge in [-0.1, -0.05) is 0 Å². The van der Waals surface area contributed by atoms with Gasteiger partial charge in [0.2, 0.25) is 0 Å². The van der Waals surface area contributed by atoms with Crippen LogP contribution in [0.3, 0.4) is 0 Å². The number of hydrogen-bond acceptors (Lipinski definition) is 6. The third kappa shape index (κ3) is 3.34. The lowest BCUT2D eigenvalue weighted by molar-refractivity contribution is 0.0946. The lowest BCUT2D eigenvalue weighted by Crippen LogP contribution is -2.23. The highest BCUT2D eigenvalue weighted by Crippen LogP contribution is 2.11. The number of nitrogens with zero attached hydrogens (tertiary/aromatic N) is 2. The van der Waals surface area contributed by atoms with E-state index < -0.39 is 0 Å². The van der Waals surface area contributed by atoms with Gasteiger partial charge in [0.05, 0.1) is 11.6 Å². The number of rotatable bonds is 5. The maximum atomic E-state index is 11.8. The molecular formula is C11H14N4OS2. The Labute approximate surface area is 113 Å². The second kappa shape index (κ2) is 6.03. The molecule has 96 valence electrons. The normalized spacial score (nSPS) is 10.6. The molecule has 0 radical (unpaired) electrons. The van der Waals surface area contributed by atoms with E-state index in [1.807, 2.05) is 12.3 Å². The van der Waals surface area contributed by atoms with Crippen molar-refractivity contribution in [3.05, 3.63) is 32.2 Å². The van der Waals surface area contributed by atoms with Crippen molar-refractivity contribution >= 4 is 28.6 Å². The molecule has 1 amide bonds. The minimum absolute atomic E-state index is 0.164. The number of carbonyl (C=O) groups is 1. The second-order valence-corrected chi connectivity index (χ2v) is 5.62. The third-order valence-electron chi connectivity index (χ3n) is 2.21. The first-order chi connectivity index (χ1) is 8.69. The number of nitrogens with two attached hydrogens (primary N) is 1. The van der Waals surface area contributed by atoms with Crippen LogP contribution in [0.1, 0.15) is 26.2 Å². The smallest absolute Gasteiger partial charge is 0.271 e. The highest BCUT2D eigenvalue weighted by molar-refractivity contribution is 7.10. The number of amides is 1. The van der Waals surface area contributed by atoms with Gasteiger partial charge in [-0.15, -0.1) is 22.7 Å². The van der Waals surface area contributed by atoms with Gasteiger partial charge in [-0.05, 0) is 13.5 Å². The summed E-state index contributed by atoms with van der Waals surface area (Å²) in [5.74, 6) is -0.164. The van der Waals surface area contributed by atoms with Gasteiger partial charge in [-0.25, -0.2) is 9.97 Å². The van der Waals surface area contributed by atoms with Gasteiger partial charge >= 0.3 is 0 Å². The summed E-state index contributed by atoms with van der Waals surface area (Å²) in [7, 11) is 0. The van der Waals surface area contributed by atoms with Crippen LogP contribution in [-0.4, -0.2) is 22.4 Å². The Hall–Kier alpha value is -1.31. The van der Waals surface area contributed by atoms with Crippen LogP contribution >= 0.6 is 22.7 Å². The molecule has 0 fully saturated rings. The Morgan fingerprint density at radius 3 is 2.78 bits per heavy atom. The maximum Gasteiger partial charge on any atom is 0.271 e. The summed E-state index contributed by atoms with van der Waals surface area (Å²) in [6.45, 7) is 2.93. The summed E-state index contributed by atoms with van der Waals surface area (Å²) in [5, 5.41) is 8.32. The summed E-state index contributed by atoms with van der Waals surface area (Å²) in [5.41, 5.74) is 6.87. The van der Waals surface area contributed by atoms with Crippen molar-refractivity contribution in [3.63, 3.8) is 0 Å². The van der Waals surface area contributed by atoms with E-state index in [-0.39, 0.29) is 5.91 Å². The molecule has 5 nitrogen and oxygen atoms in total. The fourth-order valence-corrected chi connectivity index (χ4v) is 2.89. The molecule has 2 aromatic rings. The van der Waals surface area contributed by atoms with E-state index in [1.54, 1.807) is 5.38 Å². The number of aromatic nitrogens is 2. The Kier molecular flexibility index (Phi) is 4.40. The van der Waals surface area contributed by atoms with Crippen molar-refractivity contribution in [2.45, 2.75) is 19.9 Å². The lowest BCUT2D eigenvalue weighted by atomic mass is 10.4. The van der Waals surface area contributed by atoms with Crippen LogP contribution in [0.5, 0.6) is 0 Å². The van der Waals surface area contributed by atoms with Crippen molar-refractivity contribution in [1.82, 2.24) is 15.3 Å². The Balaban J connectivity index is 1.90. The van der Waals surface area contributed by atoms with Crippen LogP contribution in [0.2, 0.25) is 0 Å². The minimum Gasteiger partial charge on any atom is -0.344 e. The predicted octanol–water partition coefficient (Wildman–Crippen LogP) is 1.34. The number of hydrogen-bond donors (Lipinski definition) is 2. The van der Waals surface area contributed by atoms with Crippen LogP contribution in [0.15, 0.2) is 10.8 Å². The van der Waals surface area contributed by atoms with Gasteiger partial charge in [0.15, 0.2) is 0 Å². The van der Waals surface area contributed by atoms with Crippen molar-refractivity contribution in [3.8, 4) is 0 Å². The van der Waals surface area contributed by atoms with Gasteiger partial charge in [-0.3, -0.25) is 4.79 Å². The monoisotopic (exact) mass is 282 g/mol. The highest BCUT2D eigenvalue weighted by atomic mass is 32.1. The van der Waals surface area contributed by atoms with E-state index >= 15 is 0 Å². The van der Waals surface area contributed by atoms with Crippen LogP contribution in [0.25, 0.3) is 0 Å². The largest absolute Gasteiger partial charge is 0.344 e. The molecule has 0 saturated carbocycles. The summed E-state index contributed by atoms with van der Waals surface area (Å²) in [6, 6.07) is 0. The van der Waals surface area contributed by atoms with Crippen LogP contribution in [0.4, 0.5) is 0 Å². The van der Waals surface area contributed by atoms with Crippen molar-refractivity contribution in [2.75, 3.05) is 6.54 Å². The van der Waals surface area contributed by atoms with Crippen molar-refractivity contribution in [2.24, 2.45) is 5.73 Å². The van der Waals surface area contributed by atoms with Crippen molar-refractivity contribution in [1.29, 1.82) is 0 Å². The van der Waals surface area contributed by atoms with E-state index in [2.05, 4.69) is 15.3 Å². The quantitative estimate of drug-likeness (QED) is 0.867. The van der Waals surface area contributed by atoms with Crippen molar-refractivity contribution < 1.29 is 4.79 Å². The first kappa shape index (κ1) is 13.1. The molecule has 18 heavy (non-hydrogen) atoms. The van der Waals surface area contributed by atoms with Crippen LogP contribution in [-0.2, 0) is 13.0 Å². The molecule has 0 atom stereocenters. The zero-order valence-electron chi connectivity index (χ0n) is 9.97. The molecule has 7 heteroatoms. The topological polar surface area (TPSA) is 80.9 Å². The molecule has 0 aliphatic rings. The molecule has 2 aromatic heterocycles. The minimum atomic E-state index is -0.164. The van der Waals surface area contributed by atoms with E-state index in [9.17, 15) is 4.79 Å². The Morgan fingerprint density at radius 2 is 2.11 bits per heavy atom. The van der Waals surface area contributed by atoms with Gasteiger partial charge in [0, 0.05) is 22.9 Å². The Bertz CT molecular complexity index is 535. The third-order valence-corrected chi connectivity index (χ3v) is 4.08. The average molecular weight is 282 g/mol. The van der Waals surface area contributed by atoms with E-state index in [4.69, 9.17) is 5.73 Å². The van der Waals surface area contributed by atoms with Gasteiger partial charge in [0.1, 0.15) is 10.7 Å². The standard InChI is InChI=1S/C11H14N4OS2/c1-7-5-17-10(14-7)4-13-11(16)8-6-18-9(15-8)2-3-12/h5-6H,2-4,12H2,1H3,(H,13,16). The van der Waals surface area contributed by atoms with E-state index in [0.29, 0.717) is 25.2 Å². The van der Waals surface area contributed by atoms with Crippen LogP contribution < -0.4 is 11.1 Å². The number of carbonyl (C=O) groups excluding carboxylic acids is 1. The fourth-order valence-electron chi connectivity index (χ4n) is 1.38. The second-order valence-electron chi connectivity index (χ2n) is 3.73. The average Bonchev–Trinajstić information content (AvgIpc) is 2.96. The van der Waals surface area contributed by atoms with E-state index in [0.717, 1.165) is 15.7 Å². The molecule has 0 aliphatic carbocycles. The summed E-state index contributed by atoms with van der Waals surface area (Å²) < 4.78 is 0. The molecule has 0 spiro atoms. The van der Waals surface area contributed by atoms with Crippen LogP contribution in [0, 0.1) is 6.92 Å². The zero-order chi connectivity index (χ0) is 13.0. The first-order valence-corrected chi connectivity index (χ1v) is 7.28. The summed E-state index contributed by atoms with van der Waals surface area (Å²) in [4.78, 5) is 20.3. The molecule has 0 bridgehead atoms. The SMILES string of the molecule is Cc1csc(CNC(=O)c2csc(CCN)n2)n1. The summed E-state index contributed by atoms with van der Waals surface area (Å²) >= 11 is 3.00. The number of thiazole rings is 2. The number of aryl methyl sites for hydroxylation is 1. The zero-order valence-corrected chi connectivity index (χ0v) is 11.6. The predicted molar refractivity (Wildman–Crippen MR) is 72.9 cm³/mol. The summed E-state index contributed by atoms with van der Waals surface area (Å²) in [6.07, 6.45) is 0.712. The highest BCUT2D eigenvalue weighted by Gasteiger charge is 2.10. The molecule has 0 aliphatic heterocycles. The molecular weight excluding hydrogens is 268 g/mol. The fraction of sp³-hybridized carbons (Fsp3) is 0.364. The maximum absolute atomic E-state index is 11.8. The molecule has 2 rings (SSSR count). The number of nitrogens with one attached hydrogen (secondary N) is 1. The van der Waals surface area contributed by atoms with Gasteiger partial charge in [-0.2, -0.15) is 0 Å². The van der Waals surface area contributed by atoms with E-state index in [1.165, 1.54) is 22.7 Å². The molecule has 2 heterocycles. The van der Waals surface area contributed by atoms with Gasteiger partial charge in [0.25, 0.3) is 5.91 Å². The lowest BCUT2D eigenvalue weighted by Gasteiger charge is -1.99. The molecule has 0 unspecified atom stereocenters.